The van der Waals surface area contributed by atoms with Gasteiger partial charge in [-0.1, -0.05) is 32.6 Å². The fourth-order valence-corrected chi connectivity index (χ4v) is 8.19. The number of nitrogens with two attached hydrogens (primary N) is 2. The summed E-state index contributed by atoms with van der Waals surface area (Å²) in [7, 11) is 2.88. The monoisotopic (exact) mass is 846 g/mol. The largest absolute Gasteiger partial charge is 0.400 e. The molecule has 6 aliphatic rings. The molecule has 0 radical (unpaired) electrons. The molecule has 1 aliphatic carbocycles. The van der Waals surface area contributed by atoms with Gasteiger partial charge in [0.2, 0.25) is 0 Å². The van der Waals surface area contributed by atoms with Crippen LogP contribution in [0.2, 0.25) is 0 Å². The molecule has 11 unspecified atom stereocenters. The number of nitrogens with zero attached hydrogens (tertiary/aromatic N) is 1. The van der Waals surface area contributed by atoms with Gasteiger partial charge in [-0.25, -0.2) is 0 Å². The lowest BCUT2D eigenvalue weighted by Crippen LogP contribution is -2.52. The van der Waals surface area contributed by atoms with Crippen LogP contribution in [0.3, 0.4) is 0 Å². The standard InChI is InChI=1S/C26H40O7.C9H23N3O3.C6H10O.C2H6.CH4O/c1-15-10-19(31-13-15)4-2-17(27)3-6-21-23-24(29)26-22(33-25(21)23)7-5-20(32-26)12-18(28)11-16-8-9-30-14-16;1-12(8-9(11)13)3-5-15-7-6-14-4-2-10;1-6-3-2-4-7-5-6;2*1-2/h16-17,19-27,29H,1-14H2;9,13H,2-8,10-11H2,1H3;1-5H2;1-2H3;2H,1H3. The van der Waals surface area contributed by atoms with Gasteiger partial charge in [-0.15, -0.1) is 0 Å². The third-order valence-electron chi connectivity index (χ3n) is 11.3. The van der Waals surface area contributed by atoms with Crippen molar-refractivity contribution in [1.29, 1.82) is 0 Å². The molecule has 6 rings (SSSR count). The summed E-state index contributed by atoms with van der Waals surface area (Å²) in [5.74, 6) is 0.966. The van der Waals surface area contributed by atoms with Crippen LogP contribution in [0, 0.1) is 17.8 Å². The van der Waals surface area contributed by atoms with Crippen LogP contribution in [-0.2, 0) is 38.0 Å². The van der Waals surface area contributed by atoms with E-state index in [1.807, 2.05) is 25.8 Å². The summed E-state index contributed by atoms with van der Waals surface area (Å²) in [6.45, 7) is 19.6. The lowest BCUT2D eigenvalue weighted by Gasteiger charge is -2.41. The van der Waals surface area contributed by atoms with Crippen molar-refractivity contribution < 1.29 is 58.4 Å². The fraction of sp³-hybridized carbons (Fsp3) is 0.886. The van der Waals surface area contributed by atoms with Crippen LogP contribution in [0.4, 0.5) is 0 Å². The lowest BCUT2D eigenvalue weighted by atomic mass is 9.90. The first-order valence-corrected chi connectivity index (χ1v) is 22.3. The van der Waals surface area contributed by atoms with Gasteiger partial charge in [-0.05, 0) is 88.7 Å². The van der Waals surface area contributed by atoms with Crippen molar-refractivity contribution in [2.45, 2.75) is 140 Å². The molecule has 0 amide bonds. The number of hydrogen-bond donors (Lipinski definition) is 6. The molecule has 0 aromatic rings. The molecule has 8 N–H and O–H groups in total. The van der Waals surface area contributed by atoms with Gasteiger partial charge in [0.15, 0.2) is 0 Å². The first kappa shape index (κ1) is 53.7. The van der Waals surface area contributed by atoms with E-state index in [9.17, 15) is 15.0 Å². The minimum atomic E-state index is -0.789. The predicted molar refractivity (Wildman–Crippen MR) is 228 cm³/mol. The summed E-state index contributed by atoms with van der Waals surface area (Å²) < 4.78 is 39.1. The van der Waals surface area contributed by atoms with Gasteiger partial charge >= 0.3 is 0 Å². The second-order valence-electron chi connectivity index (χ2n) is 16.3. The van der Waals surface area contributed by atoms with Crippen molar-refractivity contribution in [2.24, 2.45) is 29.2 Å². The van der Waals surface area contributed by atoms with E-state index in [0.717, 1.165) is 90.4 Å². The van der Waals surface area contributed by atoms with Gasteiger partial charge in [0.25, 0.3) is 0 Å². The van der Waals surface area contributed by atoms with Crippen LogP contribution >= 0.6 is 0 Å². The number of hydrogen-bond acceptors (Lipinski definition) is 15. The maximum Gasteiger partial charge on any atom is 0.135 e. The van der Waals surface area contributed by atoms with E-state index in [1.54, 1.807) is 0 Å². The number of fused-ring (bicyclic) bond motifs is 2. The van der Waals surface area contributed by atoms with E-state index in [4.69, 9.17) is 54.8 Å². The number of ether oxygens (including phenoxy) is 7. The Balaban J connectivity index is 0.000000382. The summed E-state index contributed by atoms with van der Waals surface area (Å²) in [6, 6.07) is 0. The molecule has 0 spiro atoms. The van der Waals surface area contributed by atoms with Gasteiger partial charge < -0.3 is 70.0 Å². The molecule has 346 valence electrons. The van der Waals surface area contributed by atoms with Crippen molar-refractivity contribution in [3.63, 3.8) is 0 Å². The average molecular weight is 846 g/mol. The molecule has 5 aliphatic heterocycles. The Morgan fingerprint density at radius 3 is 2.22 bits per heavy atom. The number of likely N-dealkylation sites (N-methyl/N-ethyl adjacent to an activating group) is 1. The van der Waals surface area contributed by atoms with Crippen LogP contribution in [0.5, 0.6) is 0 Å². The van der Waals surface area contributed by atoms with Gasteiger partial charge in [-0.3, -0.25) is 4.79 Å². The normalized spacial score (nSPS) is 30.5. The van der Waals surface area contributed by atoms with E-state index in [-0.39, 0.29) is 54.2 Å². The highest BCUT2D eigenvalue weighted by atomic mass is 16.6. The average Bonchev–Trinajstić information content (AvgIpc) is 3.46. The highest BCUT2D eigenvalue weighted by Crippen LogP contribution is 2.54. The number of carbonyl (C=O) groups is 1. The van der Waals surface area contributed by atoms with Crippen LogP contribution in [0.1, 0.15) is 90.9 Å². The molecule has 0 bridgehead atoms. The summed E-state index contributed by atoms with van der Waals surface area (Å²) in [6.07, 6.45) is 8.08. The number of aliphatic hydroxyl groups is 4. The first-order chi connectivity index (χ1) is 28.5. The van der Waals surface area contributed by atoms with Gasteiger partial charge in [-0.2, -0.15) is 0 Å². The summed E-state index contributed by atoms with van der Waals surface area (Å²) in [4.78, 5) is 14.4. The van der Waals surface area contributed by atoms with Crippen LogP contribution < -0.4 is 11.5 Å². The number of ketones is 1. The van der Waals surface area contributed by atoms with E-state index in [2.05, 4.69) is 13.2 Å². The number of Topliss-reactive ketones (excluding diaryl/α,β-unsaturated/α-hetero) is 1. The third kappa shape index (κ3) is 21.5. The SMILES string of the molecule is C=C1CCCOC1.C=C1COC(CCC(O)CCC2C3OC4CCC(CC(=O)CC5CCOC5)OC4C(O)C23)C1.CC.CN(CCOCCOCCN)CC(N)O.CO. The van der Waals surface area contributed by atoms with Crippen molar-refractivity contribution in [3.05, 3.63) is 24.3 Å². The number of carbonyl (C=O) groups excluding carboxylic acids is 1. The molecule has 6 fully saturated rings. The summed E-state index contributed by atoms with van der Waals surface area (Å²) in [5, 5.41) is 37.3. The molecule has 15 nitrogen and oxygen atoms in total. The molecule has 5 saturated heterocycles. The first-order valence-electron chi connectivity index (χ1n) is 22.3. The Bertz CT molecular complexity index is 1120. The second-order valence-corrected chi connectivity index (χ2v) is 16.3. The Morgan fingerprint density at radius 2 is 1.63 bits per heavy atom. The highest BCUT2D eigenvalue weighted by Gasteiger charge is 2.63. The molecule has 0 aromatic carbocycles. The van der Waals surface area contributed by atoms with Crippen LogP contribution in [-0.4, -0.2) is 173 Å². The Kier molecular flexibility index (Phi) is 28.6. The minimum Gasteiger partial charge on any atom is -0.400 e. The number of aliphatic hydroxyl groups excluding tert-OH is 4. The zero-order valence-electron chi connectivity index (χ0n) is 36.9. The third-order valence-corrected chi connectivity index (χ3v) is 11.3. The molecular weight excluding hydrogens is 762 g/mol. The van der Waals surface area contributed by atoms with Crippen molar-refractivity contribution in [1.82, 2.24) is 4.90 Å². The maximum atomic E-state index is 12.5. The van der Waals surface area contributed by atoms with Gasteiger partial charge in [0.1, 0.15) is 18.1 Å². The van der Waals surface area contributed by atoms with E-state index in [0.29, 0.717) is 71.5 Å². The van der Waals surface area contributed by atoms with E-state index >= 15 is 0 Å². The van der Waals surface area contributed by atoms with Gasteiger partial charge in [0, 0.05) is 65.3 Å². The molecule has 11 atom stereocenters. The highest BCUT2D eigenvalue weighted by molar-refractivity contribution is 5.79. The maximum absolute atomic E-state index is 12.5. The van der Waals surface area contributed by atoms with Gasteiger partial charge in [0.05, 0.1) is 76.3 Å². The van der Waals surface area contributed by atoms with Crippen molar-refractivity contribution >= 4 is 5.78 Å². The van der Waals surface area contributed by atoms with E-state index in [1.165, 1.54) is 18.4 Å². The number of rotatable bonds is 20. The predicted octanol–water partition coefficient (Wildman–Crippen LogP) is 2.74. The minimum absolute atomic E-state index is 0.0825. The molecule has 5 heterocycles. The Morgan fingerprint density at radius 1 is 0.898 bits per heavy atom. The lowest BCUT2D eigenvalue weighted by molar-refractivity contribution is -0.209. The van der Waals surface area contributed by atoms with Crippen LogP contribution in [0.15, 0.2) is 24.3 Å². The fourth-order valence-electron chi connectivity index (χ4n) is 8.19. The second kappa shape index (κ2) is 31.4. The summed E-state index contributed by atoms with van der Waals surface area (Å²) in [5.41, 5.74) is 12.8. The Hall–Kier alpha value is -1.41. The van der Waals surface area contributed by atoms with E-state index < -0.39 is 12.3 Å². The van der Waals surface area contributed by atoms with Crippen molar-refractivity contribution in [3.8, 4) is 0 Å². The molecule has 59 heavy (non-hydrogen) atoms. The smallest absolute Gasteiger partial charge is 0.135 e. The van der Waals surface area contributed by atoms with Crippen LogP contribution in [0.25, 0.3) is 0 Å². The molecule has 15 heteroatoms. The zero-order chi connectivity index (χ0) is 43.6. The molecular formula is C44H83N3O12. The molecule has 1 saturated carbocycles. The zero-order valence-corrected chi connectivity index (χ0v) is 36.9. The molecule has 0 aromatic heterocycles. The Labute approximate surface area is 355 Å². The van der Waals surface area contributed by atoms with Crippen molar-refractivity contribution in [2.75, 3.05) is 93.3 Å². The topological polar surface area (TPSA) is 218 Å². The quantitative estimate of drug-likeness (QED) is 0.0590. The summed E-state index contributed by atoms with van der Waals surface area (Å²) >= 11 is 0.